The SMILES string of the molecule is Cc1cc[n+](CCO)cc1.O=S(=O)([O-])O. The second-order valence-corrected chi connectivity index (χ2v) is 3.62. The van der Waals surface area contributed by atoms with Crippen molar-refractivity contribution in [2.45, 2.75) is 13.5 Å². The standard InChI is InChI=1S/C8H12NO.H2O4S/c1-8-2-4-9(5-3-8)6-7-10;1-5(2,3)4/h2-5,10H,6-7H2,1H3;(H2,1,2,3,4)/q+1;/p-1. The number of hydrogen-bond donors (Lipinski definition) is 2. The van der Waals surface area contributed by atoms with Gasteiger partial charge in [-0.1, -0.05) is 0 Å². The highest BCUT2D eigenvalue weighted by molar-refractivity contribution is 7.79. The Hall–Kier alpha value is -1.02. The molecule has 86 valence electrons. The Bertz CT molecular complexity index is 365. The zero-order chi connectivity index (χ0) is 11.9. The van der Waals surface area contributed by atoms with Crippen molar-refractivity contribution in [3.8, 4) is 0 Å². The topological polar surface area (TPSA) is 102 Å². The summed E-state index contributed by atoms with van der Waals surface area (Å²) >= 11 is 0. The van der Waals surface area contributed by atoms with Crippen LogP contribution in [-0.4, -0.2) is 29.2 Å². The maximum atomic E-state index is 8.63. The number of rotatable bonds is 2. The average molecular weight is 235 g/mol. The fourth-order valence-electron chi connectivity index (χ4n) is 0.796. The summed E-state index contributed by atoms with van der Waals surface area (Å²) in [6, 6.07) is 4.05. The number of aryl methyl sites for hydroxylation is 1. The molecule has 7 heteroatoms. The smallest absolute Gasteiger partial charge is 0.215 e. The van der Waals surface area contributed by atoms with Gasteiger partial charge >= 0.3 is 0 Å². The van der Waals surface area contributed by atoms with Crippen molar-refractivity contribution in [3.63, 3.8) is 0 Å². The van der Waals surface area contributed by atoms with Crippen LogP contribution in [-0.2, 0) is 16.9 Å². The molecule has 0 saturated heterocycles. The van der Waals surface area contributed by atoms with Gasteiger partial charge in [-0.15, -0.1) is 0 Å². The lowest BCUT2D eigenvalue weighted by Gasteiger charge is -1.92. The van der Waals surface area contributed by atoms with E-state index in [9.17, 15) is 0 Å². The first-order valence-electron chi connectivity index (χ1n) is 4.08. The molecule has 0 fully saturated rings. The minimum Gasteiger partial charge on any atom is -0.726 e. The van der Waals surface area contributed by atoms with Gasteiger partial charge in [0.25, 0.3) is 0 Å². The Morgan fingerprint density at radius 1 is 1.40 bits per heavy atom. The van der Waals surface area contributed by atoms with E-state index in [0.29, 0.717) is 6.54 Å². The zero-order valence-electron chi connectivity index (χ0n) is 8.20. The molecular formula is C8H13NO5S. The molecule has 0 amide bonds. The second-order valence-electron chi connectivity index (χ2n) is 2.76. The summed E-state index contributed by atoms with van der Waals surface area (Å²) in [6.07, 6.45) is 3.93. The molecule has 1 rings (SSSR count). The summed E-state index contributed by atoms with van der Waals surface area (Å²) in [4.78, 5) is 0. The Balaban J connectivity index is 0.000000336. The lowest BCUT2D eigenvalue weighted by atomic mass is 10.3. The Morgan fingerprint density at radius 2 is 1.80 bits per heavy atom. The van der Waals surface area contributed by atoms with Crippen molar-refractivity contribution in [3.05, 3.63) is 30.1 Å². The monoisotopic (exact) mass is 235 g/mol. The third kappa shape index (κ3) is 10.9. The molecule has 0 unspecified atom stereocenters. The minimum absolute atomic E-state index is 0.202. The number of pyridine rings is 1. The van der Waals surface area contributed by atoms with Gasteiger partial charge in [-0.05, 0) is 12.5 Å². The van der Waals surface area contributed by atoms with Crippen LogP contribution in [0.1, 0.15) is 5.56 Å². The molecule has 6 nitrogen and oxygen atoms in total. The van der Waals surface area contributed by atoms with Crippen LogP contribution in [0.3, 0.4) is 0 Å². The number of aliphatic hydroxyl groups excluding tert-OH is 1. The van der Waals surface area contributed by atoms with Crippen molar-refractivity contribution in [2.75, 3.05) is 6.61 Å². The molecule has 0 aliphatic heterocycles. The molecule has 1 aromatic rings. The molecule has 0 aromatic carbocycles. The van der Waals surface area contributed by atoms with Crippen molar-refractivity contribution < 1.29 is 27.2 Å². The molecule has 0 atom stereocenters. The van der Waals surface area contributed by atoms with Gasteiger partial charge in [0.05, 0.1) is 0 Å². The van der Waals surface area contributed by atoms with Crippen molar-refractivity contribution >= 4 is 10.4 Å². The summed E-state index contributed by atoms with van der Waals surface area (Å²) in [5.41, 5.74) is 1.24. The van der Waals surface area contributed by atoms with Crippen LogP contribution in [0.5, 0.6) is 0 Å². The summed E-state index contributed by atoms with van der Waals surface area (Å²) in [5.74, 6) is 0. The molecule has 2 N–H and O–H groups in total. The highest BCUT2D eigenvalue weighted by atomic mass is 32.3. The first kappa shape index (κ1) is 14.0. The van der Waals surface area contributed by atoms with Gasteiger partial charge in [-0.2, -0.15) is 0 Å². The molecule has 0 bridgehead atoms. The zero-order valence-corrected chi connectivity index (χ0v) is 9.01. The van der Waals surface area contributed by atoms with E-state index in [0.717, 1.165) is 0 Å². The number of nitrogens with zero attached hydrogens (tertiary/aromatic N) is 1. The Kier molecular flexibility index (Phi) is 6.02. The third-order valence-corrected chi connectivity index (χ3v) is 1.42. The van der Waals surface area contributed by atoms with E-state index in [-0.39, 0.29) is 6.61 Å². The second kappa shape index (κ2) is 6.46. The molecule has 0 radical (unpaired) electrons. The maximum absolute atomic E-state index is 8.63. The first-order valence-corrected chi connectivity index (χ1v) is 5.44. The summed E-state index contributed by atoms with van der Waals surface area (Å²) in [6.45, 7) is 2.93. The molecule has 0 saturated carbocycles. The lowest BCUT2D eigenvalue weighted by Crippen LogP contribution is -2.34. The van der Waals surface area contributed by atoms with E-state index >= 15 is 0 Å². The summed E-state index contributed by atoms with van der Waals surface area (Å²) in [5, 5.41) is 8.57. The third-order valence-electron chi connectivity index (χ3n) is 1.42. The van der Waals surface area contributed by atoms with Crippen LogP contribution in [0.25, 0.3) is 0 Å². The Morgan fingerprint density at radius 3 is 2.13 bits per heavy atom. The van der Waals surface area contributed by atoms with Gasteiger partial charge < -0.3 is 9.66 Å². The average Bonchev–Trinajstić information content (AvgIpc) is 2.06. The molecular weight excluding hydrogens is 222 g/mol. The first-order chi connectivity index (χ1) is 6.83. The van der Waals surface area contributed by atoms with E-state index in [1.54, 1.807) is 0 Å². The van der Waals surface area contributed by atoms with Gasteiger partial charge in [0, 0.05) is 12.1 Å². The maximum Gasteiger partial charge on any atom is 0.215 e. The van der Waals surface area contributed by atoms with Crippen LogP contribution in [0.2, 0.25) is 0 Å². The van der Waals surface area contributed by atoms with E-state index in [2.05, 4.69) is 0 Å². The van der Waals surface area contributed by atoms with Crippen LogP contribution < -0.4 is 4.57 Å². The molecule has 0 aliphatic rings. The molecule has 1 aromatic heterocycles. The molecule has 15 heavy (non-hydrogen) atoms. The van der Waals surface area contributed by atoms with Crippen molar-refractivity contribution in [1.82, 2.24) is 0 Å². The van der Waals surface area contributed by atoms with Gasteiger partial charge in [0.15, 0.2) is 18.9 Å². The van der Waals surface area contributed by atoms with E-state index in [4.69, 9.17) is 22.6 Å². The van der Waals surface area contributed by atoms with Gasteiger partial charge in [-0.25, -0.2) is 13.0 Å². The van der Waals surface area contributed by atoms with Gasteiger partial charge in [0.2, 0.25) is 10.4 Å². The quantitative estimate of drug-likeness (QED) is 0.400. The minimum atomic E-state index is -4.92. The highest BCUT2D eigenvalue weighted by Gasteiger charge is 1.94. The number of hydrogen-bond acceptors (Lipinski definition) is 4. The summed E-state index contributed by atoms with van der Waals surface area (Å²) in [7, 11) is -4.92. The van der Waals surface area contributed by atoms with E-state index in [1.165, 1.54) is 5.56 Å². The number of aliphatic hydroxyl groups is 1. The summed E-state index contributed by atoms with van der Waals surface area (Å²) < 4.78 is 34.8. The predicted octanol–water partition coefficient (Wildman–Crippen LogP) is -0.721. The van der Waals surface area contributed by atoms with Crippen LogP contribution in [0.4, 0.5) is 0 Å². The normalized spacial score (nSPS) is 10.4. The Labute approximate surface area is 88.4 Å². The van der Waals surface area contributed by atoms with Crippen molar-refractivity contribution in [2.24, 2.45) is 0 Å². The largest absolute Gasteiger partial charge is 0.726 e. The fraction of sp³-hybridized carbons (Fsp3) is 0.375. The van der Waals surface area contributed by atoms with Crippen LogP contribution in [0, 0.1) is 6.92 Å². The van der Waals surface area contributed by atoms with Crippen LogP contribution >= 0.6 is 0 Å². The highest BCUT2D eigenvalue weighted by Crippen LogP contribution is 1.88. The van der Waals surface area contributed by atoms with E-state index in [1.807, 2.05) is 36.0 Å². The van der Waals surface area contributed by atoms with E-state index < -0.39 is 10.4 Å². The molecule has 0 aliphatic carbocycles. The lowest BCUT2D eigenvalue weighted by molar-refractivity contribution is -0.698. The molecule has 0 spiro atoms. The predicted molar refractivity (Wildman–Crippen MR) is 50.8 cm³/mol. The van der Waals surface area contributed by atoms with Crippen molar-refractivity contribution in [1.29, 1.82) is 0 Å². The van der Waals surface area contributed by atoms with Gasteiger partial charge in [-0.3, -0.25) is 4.55 Å². The fourth-order valence-corrected chi connectivity index (χ4v) is 0.796. The molecule has 1 heterocycles. The van der Waals surface area contributed by atoms with Gasteiger partial charge in [0.1, 0.15) is 6.61 Å². The number of aromatic nitrogens is 1. The van der Waals surface area contributed by atoms with Crippen LogP contribution in [0.15, 0.2) is 24.5 Å².